The molecule has 1 heterocycles. The Labute approximate surface area is 180 Å². The van der Waals surface area contributed by atoms with Gasteiger partial charge in [0.05, 0.1) is 4.90 Å². The van der Waals surface area contributed by atoms with Crippen molar-refractivity contribution in [2.24, 2.45) is 0 Å². The molecule has 1 aliphatic rings. The van der Waals surface area contributed by atoms with Gasteiger partial charge in [0.2, 0.25) is 10.0 Å². The van der Waals surface area contributed by atoms with Crippen molar-refractivity contribution < 1.29 is 26.7 Å². The third kappa shape index (κ3) is 4.56. The summed E-state index contributed by atoms with van der Waals surface area (Å²) in [6.07, 6.45) is -4.80. The van der Waals surface area contributed by atoms with Gasteiger partial charge in [0.1, 0.15) is 6.04 Å². The first-order valence-corrected chi connectivity index (χ1v) is 11.1. The number of benzene rings is 2. The molecule has 1 saturated heterocycles. The maximum absolute atomic E-state index is 13.1. The summed E-state index contributed by atoms with van der Waals surface area (Å²) in [5, 5.41) is 9.86. The van der Waals surface area contributed by atoms with Gasteiger partial charge in [-0.3, -0.25) is 0 Å². The zero-order valence-corrected chi connectivity index (χ0v) is 17.9. The summed E-state index contributed by atoms with van der Waals surface area (Å²) < 4.78 is 66.6. The van der Waals surface area contributed by atoms with Crippen LogP contribution in [0.5, 0.6) is 0 Å². The molecule has 0 bridgehead atoms. The highest BCUT2D eigenvalue weighted by molar-refractivity contribution is 7.89. The minimum absolute atomic E-state index is 0.125. The van der Waals surface area contributed by atoms with Gasteiger partial charge in [0, 0.05) is 25.3 Å². The maximum atomic E-state index is 13.1. The molecule has 1 N–H and O–H groups in total. The number of hydrogen-bond donors (Lipinski definition) is 1. The third-order valence-electron chi connectivity index (χ3n) is 5.35. The van der Waals surface area contributed by atoms with Gasteiger partial charge in [-0.05, 0) is 43.7 Å². The van der Waals surface area contributed by atoms with Crippen molar-refractivity contribution >= 4 is 15.7 Å². The molecular weight excluding hydrogens is 429 g/mol. The fraction of sp³-hybridized carbons (Fsp3) is 0.364. The second kappa shape index (κ2) is 8.54. The zero-order chi connectivity index (χ0) is 22.9. The SMILES string of the molecule is CC#C[C@H]1CN(S(=O)(=O)c2ccccc2)CCN1c1ccc(C(C)(O)C(F)(F)F)cc1. The normalized spacial score (nSPS) is 19.9. The second-order valence-electron chi connectivity index (χ2n) is 7.40. The van der Waals surface area contributed by atoms with E-state index in [9.17, 15) is 26.7 Å². The summed E-state index contributed by atoms with van der Waals surface area (Å²) in [4.78, 5) is 2.06. The average Bonchev–Trinajstić information content (AvgIpc) is 2.74. The monoisotopic (exact) mass is 452 g/mol. The topological polar surface area (TPSA) is 60.9 Å². The number of anilines is 1. The maximum Gasteiger partial charge on any atom is 0.421 e. The third-order valence-corrected chi connectivity index (χ3v) is 7.23. The van der Waals surface area contributed by atoms with Gasteiger partial charge in [0.25, 0.3) is 0 Å². The quantitative estimate of drug-likeness (QED) is 0.723. The first kappa shape index (κ1) is 23.1. The van der Waals surface area contributed by atoms with Gasteiger partial charge >= 0.3 is 6.18 Å². The lowest BCUT2D eigenvalue weighted by molar-refractivity contribution is -0.258. The fourth-order valence-corrected chi connectivity index (χ4v) is 4.92. The number of halogens is 3. The van der Waals surface area contributed by atoms with Crippen molar-refractivity contribution in [1.82, 2.24) is 4.31 Å². The number of rotatable bonds is 4. The van der Waals surface area contributed by atoms with Crippen LogP contribution in [0.15, 0.2) is 59.5 Å². The molecule has 1 unspecified atom stereocenters. The molecule has 0 radical (unpaired) electrons. The first-order valence-electron chi connectivity index (χ1n) is 9.62. The highest BCUT2D eigenvalue weighted by Gasteiger charge is 2.51. The molecule has 0 spiro atoms. The fourth-order valence-electron chi connectivity index (χ4n) is 3.46. The summed E-state index contributed by atoms with van der Waals surface area (Å²) in [6.45, 7) is 3.01. The van der Waals surface area contributed by atoms with Crippen LogP contribution >= 0.6 is 0 Å². The van der Waals surface area contributed by atoms with Crippen molar-refractivity contribution in [2.45, 2.75) is 36.6 Å². The zero-order valence-electron chi connectivity index (χ0n) is 17.1. The van der Waals surface area contributed by atoms with E-state index in [0.29, 0.717) is 19.2 Å². The lowest BCUT2D eigenvalue weighted by Gasteiger charge is -2.40. The van der Waals surface area contributed by atoms with Gasteiger partial charge in [-0.1, -0.05) is 36.3 Å². The van der Waals surface area contributed by atoms with Crippen LogP contribution in [0.25, 0.3) is 0 Å². The molecule has 1 fully saturated rings. The molecule has 2 atom stereocenters. The van der Waals surface area contributed by atoms with E-state index >= 15 is 0 Å². The molecule has 166 valence electrons. The van der Waals surface area contributed by atoms with E-state index in [1.807, 2.05) is 4.90 Å². The molecule has 0 saturated carbocycles. The van der Waals surface area contributed by atoms with Crippen LogP contribution in [0, 0.1) is 11.8 Å². The molecule has 31 heavy (non-hydrogen) atoms. The molecule has 0 amide bonds. The van der Waals surface area contributed by atoms with Crippen molar-refractivity contribution in [1.29, 1.82) is 0 Å². The summed E-state index contributed by atoms with van der Waals surface area (Å²) in [7, 11) is -3.68. The van der Waals surface area contributed by atoms with E-state index in [4.69, 9.17) is 0 Å². The highest BCUT2D eigenvalue weighted by Crippen LogP contribution is 2.39. The molecule has 0 aliphatic carbocycles. The van der Waals surface area contributed by atoms with Gasteiger partial charge < -0.3 is 10.0 Å². The van der Waals surface area contributed by atoms with Crippen molar-refractivity contribution in [3.05, 3.63) is 60.2 Å². The van der Waals surface area contributed by atoms with E-state index in [2.05, 4.69) is 11.8 Å². The summed E-state index contributed by atoms with van der Waals surface area (Å²) in [5.74, 6) is 5.80. The number of hydrogen-bond acceptors (Lipinski definition) is 4. The smallest absolute Gasteiger partial charge is 0.376 e. The van der Waals surface area contributed by atoms with E-state index in [0.717, 1.165) is 0 Å². The summed E-state index contributed by atoms with van der Waals surface area (Å²) in [5.41, 5.74) is -2.63. The first-order chi connectivity index (χ1) is 14.5. The van der Waals surface area contributed by atoms with Crippen molar-refractivity contribution in [2.75, 3.05) is 24.5 Å². The lowest BCUT2D eigenvalue weighted by Crippen LogP contribution is -2.54. The Hall–Kier alpha value is -2.54. The Morgan fingerprint density at radius 1 is 1.03 bits per heavy atom. The predicted octanol–water partition coefficient (Wildman–Crippen LogP) is 3.36. The van der Waals surface area contributed by atoms with Crippen molar-refractivity contribution in [3.63, 3.8) is 0 Å². The standard InChI is InChI=1S/C22H23F3N2O3S/c1-3-7-19-16-26(31(29,30)20-8-5-4-6-9-20)14-15-27(19)18-12-10-17(11-13-18)21(2,28)22(23,24)25/h4-6,8-13,19,28H,14-16H2,1-2H3/t19-,21?/m0/s1. The number of alkyl halides is 3. The Kier molecular flexibility index (Phi) is 6.37. The van der Waals surface area contributed by atoms with Crippen LogP contribution in [0.2, 0.25) is 0 Å². The van der Waals surface area contributed by atoms with Gasteiger partial charge in [-0.2, -0.15) is 17.5 Å². The molecule has 5 nitrogen and oxygen atoms in total. The predicted molar refractivity (Wildman–Crippen MR) is 112 cm³/mol. The van der Waals surface area contributed by atoms with Crippen LogP contribution in [0.1, 0.15) is 19.4 Å². The molecule has 2 aromatic rings. The molecule has 9 heteroatoms. The van der Waals surface area contributed by atoms with Crippen molar-refractivity contribution in [3.8, 4) is 11.8 Å². The Balaban J connectivity index is 1.85. The minimum Gasteiger partial charge on any atom is -0.376 e. The summed E-state index contributed by atoms with van der Waals surface area (Å²) >= 11 is 0. The van der Waals surface area contributed by atoms with Crippen LogP contribution in [-0.2, 0) is 15.6 Å². The molecule has 0 aromatic heterocycles. The number of aliphatic hydroxyl groups is 1. The van der Waals surface area contributed by atoms with E-state index in [-0.39, 0.29) is 23.5 Å². The number of piperazine rings is 1. The van der Waals surface area contributed by atoms with Gasteiger partial charge in [-0.15, -0.1) is 5.92 Å². The minimum atomic E-state index is -4.80. The highest BCUT2D eigenvalue weighted by atomic mass is 32.2. The Bertz CT molecular complexity index is 1070. The number of nitrogens with zero attached hydrogens (tertiary/aromatic N) is 2. The molecule has 1 aliphatic heterocycles. The van der Waals surface area contributed by atoms with Crippen LogP contribution in [-0.4, -0.2) is 49.7 Å². The largest absolute Gasteiger partial charge is 0.421 e. The van der Waals surface area contributed by atoms with E-state index in [1.54, 1.807) is 25.1 Å². The molecule has 3 rings (SSSR count). The molecule has 2 aromatic carbocycles. The number of sulfonamides is 1. The van der Waals surface area contributed by atoms with Gasteiger partial charge in [-0.25, -0.2) is 8.42 Å². The van der Waals surface area contributed by atoms with Gasteiger partial charge in [0.15, 0.2) is 5.60 Å². The second-order valence-corrected chi connectivity index (χ2v) is 9.33. The van der Waals surface area contributed by atoms with Crippen LogP contribution < -0.4 is 4.90 Å². The Morgan fingerprint density at radius 2 is 1.65 bits per heavy atom. The Morgan fingerprint density at radius 3 is 2.19 bits per heavy atom. The summed E-state index contributed by atoms with van der Waals surface area (Å²) in [6, 6.07) is 13.1. The molecular formula is C22H23F3N2O3S. The lowest BCUT2D eigenvalue weighted by atomic mass is 9.95. The van der Waals surface area contributed by atoms with Crippen LogP contribution in [0.3, 0.4) is 0 Å². The van der Waals surface area contributed by atoms with E-state index < -0.39 is 27.8 Å². The van der Waals surface area contributed by atoms with E-state index in [1.165, 1.54) is 40.7 Å². The average molecular weight is 452 g/mol. The van der Waals surface area contributed by atoms with Crippen LogP contribution in [0.4, 0.5) is 18.9 Å².